The van der Waals surface area contributed by atoms with Crippen LogP contribution >= 0.6 is 15.6 Å². The molecule has 0 aromatic carbocycles. The van der Waals surface area contributed by atoms with Gasteiger partial charge in [0.05, 0.1) is 26.4 Å². The van der Waals surface area contributed by atoms with Crippen molar-refractivity contribution in [1.29, 1.82) is 0 Å². The third-order valence-corrected chi connectivity index (χ3v) is 16.8. The first-order valence-corrected chi connectivity index (χ1v) is 36.8. The normalized spacial score (nSPS) is 14.3. The first-order chi connectivity index (χ1) is 40.2. The van der Waals surface area contributed by atoms with Crippen LogP contribution in [0.4, 0.5) is 0 Å². The predicted octanol–water partition coefficient (Wildman–Crippen LogP) is 17.9. The molecule has 0 radical (unpaired) electrons. The van der Waals surface area contributed by atoms with Gasteiger partial charge in [0, 0.05) is 25.7 Å². The second kappa shape index (κ2) is 56.3. The zero-order chi connectivity index (χ0) is 62.4. The number of carbonyl (C=O) groups excluding carboxylic acids is 4. The van der Waals surface area contributed by atoms with Crippen LogP contribution in [-0.2, 0) is 65.4 Å². The fraction of sp³-hybridized carbons (Fsp3) is 0.938. The van der Waals surface area contributed by atoms with E-state index in [-0.39, 0.29) is 25.7 Å². The molecule has 0 aromatic rings. The van der Waals surface area contributed by atoms with Crippen molar-refractivity contribution in [1.82, 2.24) is 0 Å². The molecule has 0 aliphatic rings. The number of phosphoric acid groups is 2. The standard InChI is InChI=1S/C65H126O17P2/c1-8-9-10-11-12-13-14-19-25-34-41-48-64(69)82-61(53-76-63(68)47-40-33-28-27-31-38-45-58(6)7)55-80-84(73,74)78-51-59(66)50-77-83(71,72)79-54-60(81-65(70)49-42-35-26-21-16-18-23-30-37-44-57(4)5)52-75-62(67)46-39-32-24-20-15-17-22-29-36-43-56(2)3/h56-61,66H,8-55H2,1-7H3,(H,71,72)(H,73,74)/t59-,60-,61-/m1/s1. The molecule has 19 heteroatoms. The Labute approximate surface area is 511 Å². The summed E-state index contributed by atoms with van der Waals surface area (Å²) in [7, 11) is -9.89. The van der Waals surface area contributed by atoms with Gasteiger partial charge in [-0.25, -0.2) is 9.13 Å². The lowest BCUT2D eigenvalue weighted by Gasteiger charge is -2.21. The van der Waals surface area contributed by atoms with Crippen LogP contribution in [0.1, 0.15) is 318 Å². The topological polar surface area (TPSA) is 237 Å². The third kappa shape index (κ3) is 59.0. The summed E-state index contributed by atoms with van der Waals surface area (Å²) in [4.78, 5) is 72.2. The molecule has 0 rings (SSSR count). The van der Waals surface area contributed by atoms with Gasteiger partial charge < -0.3 is 33.8 Å². The maximum atomic E-state index is 13.0. The molecule has 0 amide bonds. The molecule has 0 aliphatic carbocycles. The lowest BCUT2D eigenvalue weighted by atomic mass is 10.0. The third-order valence-electron chi connectivity index (χ3n) is 14.9. The number of rotatable bonds is 63. The average Bonchev–Trinajstić information content (AvgIpc) is 3.49. The van der Waals surface area contributed by atoms with Gasteiger partial charge in [-0.15, -0.1) is 0 Å². The van der Waals surface area contributed by atoms with E-state index in [1.165, 1.54) is 122 Å². The summed E-state index contributed by atoms with van der Waals surface area (Å²) >= 11 is 0. The Morgan fingerprint density at radius 2 is 0.548 bits per heavy atom. The van der Waals surface area contributed by atoms with E-state index in [9.17, 15) is 43.2 Å². The molecule has 0 bridgehead atoms. The minimum atomic E-state index is -4.95. The molecule has 0 spiro atoms. The number of unbranched alkanes of at least 4 members (excludes halogenated alkanes) is 31. The van der Waals surface area contributed by atoms with E-state index in [4.69, 9.17) is 37.0 Å². The van der Waals surface area contributed by atoms with Gasteiger partial charge in [0.2, 0.25) is 0 Å². The molecule has 17 nitrogen and oxygen atoms in total. The van der Waals surface area contributed by atoms with Gasteiger partial charge in [-0.1, -0.05) is 267 Å². The Kier molecular flexibility index (Phi) is 55.0. The largest absolute Gasteiger partial charge is 0.472 e. The summed E-state index contributed by atoms with van der Waals surface area (Å²) in [6.07, 6.45) is 37.7. The van der Waals surface area contributed by atoms with Crippen molar-refractivity contribution in [2.75, 3.05) is 39.6 Å². The highest BCUT2D eigenvalue weighted by molar-refractivity contribution is 7.47. The number of phosphoric ester groups is 2. The maximum absolute atomic E-state index is 13.0. The molecule has 84 heavy (non-hydrogen) atoms. The number of aliphatic hydroxyl groups excluding tert-OH is 1. The lowest BCUT2D eigenvalue weighted by molar-refractivity contribution is -0.161. The quantitative estimate of drug-likeness (QED) is 0.0222. The van der Waals surface area contributed by atoms with Gasteiger partial charge in [0.1, 0.15) is 19.3 Å². The van der Waals surface area contributed by atoms with E-state index in [2.05, 4.69) is 48.5 Å². The number of hydrogen-bond donors (Lipinski definition) is 3. The minimum Gasteiger partial charge on any atom is -0.462 e. The number of carbonyl (C=O) groups is 4. The number of hydrogen-bond acceptors (Lipinski definition) is 15. The summed E-state index contributed by atoms with van der Waals surface area (Å²) in [5, 5.41) is 10.5. The molecular weight excluding hydrogens is 1110 g/mol. The molecule has 5 atom stereocenters. The van der Waals surface area contributed by atoms with Crippen molar-refractivity contribution in [2.24, 2.45) is 17.8 Å². The zero-order valence-electron chi connectivity index (χ0n) is 54.4. The molecule has 0 saturated carbocycles. The molecule has 2 unspecified atom stereocenters. The van der Waals surface area contributed by atoms with Crippen LogP contribution in [0.25, 0.3) is 0 Å². The Bertz CT molecular complexity index is 1660. The van der Waals surface area contributed by atoms with E-state index in [1.54, 1.807) is 0 Å². The Morgan fingerprint density at radius 3 is 0.810 bits per heavy atom. The molecule has 3 N–H and O–H groups in total. The van der Waals surface area contributed by atoms with Crippen LogP contribution in [0.5, 0.6) is 0 Å². The lowest BCUT2D eigenvalue weighted by Crippen LogP contribution is -2.30. The molecule has 498 valence electrons. The maximum Gasteiger partial charge on any atom is 0.472 e. The van der Waals surface area contributed by atoms with Gasteiger partial charge in [-0.2, -0.15) is 0 Å². The monoisotopic (exact) mass is 1240 g/mol. The van der Waals surface area contributed by atoms with Crippen LogP contribution in [0.15, 0.2) is 0 Å². The SMILES string of the molecule is CCCCCCCCCCCCCC(=O)O[C@H](COC(=O)CCCCCCCCC(C)C)COP(=O)(O)OC[C@H](O)COP(=O)(O)OC[C@@H](COC(=O)CCCCCCCCCCCC(C)C)OC(=O)CCCCCCCCCCCC(C)C. The first-order valence-electron chi connectivity index (χ1n) is 33.8. The van der Waals surface area contributed by atoms with Crippen LogP contribution in [-0.4, -0.2) is 96.7 Å². The highest BCUT2D eigenvalue weighted by atomic mass is 31.2. The minimum absolute atomic E-state index is 0.104. The van der Waals surface area contributed by atoms with Crippen molar-refractivity contribution in [3.8, 4) is 0 Å². The van der Waals surface area contributed by atoms with E-state index in [1.807, 2.05) is 0 Å². The van der Waals surface area contributed by atoms with Crippen LogP contribution in [0.2, 0.25) is 0 Å². The van der Waals surface area contributed by atoms with Gasteiger partial charge in [-0.05, 0) is 43.4 Å². The Morgan fingerprint density at radius 1 is 0.321 bits per heavy atom. The van der Waals surface area contributed by atoms with Crippen molar-refractivity contribution in [3.63, 3.8) is 0 Å². The van der Waals surface area contributed by atoms with Crippen molar-refractivity contribution in [3.05, 3.63) is 0 Å². The van der Waals surface area contributed by atoms with E-state index in [0.717, 1.165) is 108 Å². The molecule has 0 saturated heterocycles. The smallest absolute Gasteiger partial charge is 0.462 e. The number of esters is 4. The molecule has 0 fully saturated rings. The van der Waals surface area contributed by atoms with E-state index < -0.39 is 97.5 Å². The van der Waals surface area contributed by atoms with Crippen molar-refractivity contribution in [2.45, 2.75) is 336 Å². The van der Waals surface area contributed by atoms with Crippen molar-refractivity contribution >= 4 is 39.5 Å². The van der Waals surface area contributed by atoms with Crippen LogP contribution in [0, 0.1) is 17.8 Å². The van der Waals surface area contributed by atoms with Crippen molar-refractivity contribution < 1.29 is 80.2 Å². The fourth-order valence-corrected chi connectivity index (χ4v) is 11.2. The summed E-state index contributed by atoms with van der Waals surface area (Å²) in [5.74, 6) is 0.0244. The average molecular weight is 1240 g/mol. The Balaban J connectivity index is 5.25. The zero-order valence-corrected chi connectivity index (χ0v) is 56.1. The Hall–Kier alpha value is -1.94. The van der Waals surface area contributed by atoms with Gasteiger partial charge >= 0.3 is 39.5 Å². The summed E-state index contributed by atoms with van der Waals surface area (Å²) in [5.41, 5.74) is 0. The van der Waals surface area contributed by atoms with Crippen LogP contribution in [0.3, 0.4) is 0 Å². The van der Waals surface area contributed by atoms with E-state index >= 15 is 0 Å². The number of aliphatic hydroxyl groups is 1. The highest BCUT2D eigenvalue weighted by Crippen LogP contribution is 2.45. The fourth-order valence-electron chi connectivity index (χ4n) is 9.66. The summed E-state index contributed by atoms with van der Waals surface area (Å²) < 4.78 is 68.0. The molecule has 0 heterocycles. The summed E-state index contributed by atoms with van der Waals surface area (Å²) in [6.45, 7) is 11.7. The second-order valence-electron chi connectivity index (χ2n) is 24.9. The molecular formula is C65H126O17P2. The number of ether oxygens (including phenoxy) is 4. The van der Waals surface area contributed by atoms with Gasteiger partial charge in [-0.3, -0.25) is 37.3 Å². The molecule has 0 aliphatic heterocycles. The molecule has 0 aromatic heterocycles. The van der Waals surface area contributed by atoms with E-state index in [0.29, 0.717) is 31.6 Å². The summed E-state index contributed by atoms with van der Waals surface area (Å²) in [6, 6.07) is 0. The van der Waals surface area contributed by atoms with Crippen LogP contribution < -0.4 is 0 Å². The first kappa shape index (κ1) is 82.1. The van der Waals surface area contributed by atoms with Gasteiger partial charge in [0.15, 0.2) is 12.2 Å². The highest BCUT2D eigenvalue weighted by Gasteiger charge is 2.30. The van der Waals surface area contributed by atoms with Gasteiger partial charge in [0.25, 0.3) is 0 Å². The second-order valence-corrected chi connectivity index (χ2v) is 27.8. The predicted molar refractivity (Wildman–Crippen MR) is 335 cm³/mol.